The van der Waals surface area contributed by atoms with Gasteiger partial charge in [-0.1, -0.05) is 25.1 Å². The Hall–Kier alpha value is -2.14. The van der Waals surface area contributed by atoms with Crippen molar-refractivity contribution >= 4 is 10.9 Å². The summed E-state index contributed by atoms with van der Waals surface area (Å²) in [5.41, 5.74) is 4.48. The molecule has 0 amide bonds. The second-order valence-electron chi connectivity index (χ2n) is 5.30. The number of aromatic nitrogens is 4. The summed E-state index contributed by atoms with van der Waals surface area (Å²) in [5, 5.41) is 13.8. The highest BCUT2D eigenvalue weighted by molar-refractivity contribution is 5.82. The van der Waals surface area contributed by atoms with Crippen molar-refractivity contribution < 1.29 is 0 Å². The molecule has 0 aliphatic heterocycles. The third kappa shape index (κ3) is 2.69. The predicted molar refractivity (Wildman–Crippen MR) is 84.2 cm³/mol. The Morgan fingerprint density at radius 1 is 1.19 bits per heavy atom. The van der Waals surface area contributed by atoms with Gasteiger partial charge in [0, 0.05) is 19.0 Å². The fourth-order valence-corrected chi connectivity index (χ4v) is 2.66. The highest BCUT2D eigenvalue weighted by atomic mass is 15.3. The van der Waals surface area contributed by atoms with Crippen LogP contribution in [0.15, 0.2) is 30.3 Å². The van der Waals surface area contributed by atoms with E-state index in [2.05, 4.69) is 52.4 Å². The number of hydrogen-bond acceptors (Lipinski definition) is 3. The van der Waals surface area contributed by atoms with Crippen LogP contribution in [0.4, 0.5) is 0 Å². The average Bonchev–Trinajstić information content (AvgIpc) is 2.98. The maximum Gasteiger partial charge on any atom is 0.0841 e. The van der Waals surface area contributed by atoms with Crippen molar-refractivity contribution in [3.63, 3.8) is 0 Å². The Kier molecular flexibility index (Phi) is 3.75. The molecule has 5 heteroatoms. The molecule has 3 aromatic rings. The van der Waals surface area contributed by atoms with Crippen LogP contribution in [0.1, 0.15) is 24.0 Å². The second-order valence-corrected chi connectivity index (χ2v) is 5.30. The first-order valence-electron chi connectivity index (χ1n) is 7.33. The molecule has 0 saturated heterocycles. The summed E-state index contributed by atoms with van der Waals surface area (Å²) in [6.45, 7) is 6.61. The van der Waals surface area contributed by atoms with E-state index in [1.54, 1.807) is 0 Å². The number of rotatable bonds is 5. The molecular formula is C16H21N5. The third-order valence-electron chi connectivity index (χ3n) is 3.69. The molecule has 0 atom stereocenters. The summed E-state index contributed by atoms with van der Waals surface area (Å²) < 4.78 is 3.99. The van der Waals surface area contributed by atoms with Crippen molar-refractivity contribution in [3.05, 3.63) is 47.4 Å². The van der Waals surface area contributed by atoms with Gasteiger partial charge in [-0.25, -0.2) is 0 Å². The zero-order chi connectivity index (χ0) is 14.8. The molecule has 0 aliphatic carbocycles. The van der Waals surface area contributed by atoms with Crippen LogP contribution < -0.4 is 5.32 Å². The van der Waals surface area contributed by atoms with E-state index in [0.717, 1.165) is 36.7 Å². The number of aryl methyl sites for hydroxylation is 2. The molecular weight excluding hydrogens is 262 g/mol. The van der Waals surface area contributed by atoms with Crippen LogP contribution in [0.25, 0.3) is 10.9 Å². The van der Waals surface area contributed by atoms with Crippen LogP contribution >= 0.6 is 0 Å². The Bertz CT molecular complexity index is 753. The molecule has 3 rings (SSSR count). The van der Waals surface area contributed by atoms with Gasteiger partial charge in [-0.3, -0.25) is 9.36 Å². The number of hydrogen-bond donors (Lipinski definition) is 1. The van der Waals surface area contributed by atoms with Gasteiger partial charge in [0.05, 0.1) is 29.1 Å². The van der Waals surface area contributed by atoms with Crippen LogP contribution in [0.3, 0.4) is 0 Å². The summed E-state index contributed by atoms with van der Waals surface area (Å²) in [7, 11) is 1.98. The van der Waals surface area contributed by atoms with Gasteiger partial charge in [0.1, 0.15) is 0 Å². The number of nitrogens with one attached hydrogen (secondary N) is 1. The van der Waals surface area contributed by atoms with E-state index < -0.39 is 0 Å². The molecule has 21 heavy (non-hydrogen) atoms. The van der Waals surface area contributed by atoms with E-state index >= 15 is 0 Å². The first-order valence-corrected chi connectivity index (χ1v) is 7.33. The summed E-state index contributed by atoms with van der Waals surface area (Å²) in [6.07, 6.45) is 0. The molecule has 2 aromatic heterocycles. The quantitative estimate of drug-likeness (QED) is 0.781. The van der Waals surface area contributed by atoms with Gasteiger partial charge in [-0.15, -0.1) is 0 Å². The fraction of sp³-hybridized carbons (Fsp3) is 0.375. The molecule has 0 aliphatic rings. The van der Waals surface area contributed by atoms with E-state index in [4.69, 9.17) is 5.10 Å². The minimum absolute atomic E-state index is 0.740. The molecule has 2 heterocycles. The van der Waals surface area contributed by atoms with Crippen LogP contribution in [-0.4, -0.2) is 26.1 Å². The molecule has 1 N–H and O–H groups in total. The van der Waals surface area contributed by atoms with Gasteiger partial charge >= 0.3 is 0 Å². The van der Waals surface area contributed by atoms with E-state index in [9.17, 15) is 0 Å². The standard InChI is InChI=1S/C16H21N5/c1-4-17-10-15-14-7-5-6-8-16(14)21(19-15)11-13-9-12(2)18-20(13)3/h5-9,17H,4,10-11H2,1-3H3. The third-order valence-corrected chi connectivity index (χ3v) is 3.69. The number of para-hydroxylation sites is 1. The molecule has 0 bridgehead atoms. The lowest BCUT2D eigenvalue weighted by molar-refractivity contribution is 0.615. The van der Waals surface area contributed by atoms with Crippen molar-refractivity contribution in [2.75, 3.05) is 6.54 Å². The zero-order valence-corrected chi connectivity index (χ0v) is 12.8. The Balaban J connectivity index is 2.00. The van der Waals surface area contributed by atoms with Gasteiger partial charge in [0.25, 0.3) is 0 Å². The molecule has 5 nitrogen and oxygen atoms in total. The smallest absolute Gasteiger partial charge is 0.0841 e. The topological polar surface area (TPSA) is 47.7 Å². The first kappa shape index (κ1) is 13.8. The SMILES string of the molecule is CCNCc1nn(Cc2cc(C)nn2C)c2ccccc12. The lowest BCUT2D eigenvalue weighted by atomic mass is 10.2. The highest BCUT2D eigenvalue weighted by Crippen LogP contribution is 2.19. The lowest BCUT2D eigenvalue weighted by Gasteiger charge is -2.04. The Morgan fingerprint density at radius 2 is 2.00 bits per heavy atom. The summed E-state index contributed by atoms with van der Waals surface area (Å²) in [5.74, 6) is 0. The minimum atomic E-state index is 0.740. The number of nitrogens with zero attached hydrogens (tertiary/aromatic N) is 4. The number of fused-ring (bicyclic) bond motifs is 1. The molecule has 0 unspecified atom stereocenters. The van der Waals surface area contributed by atoms with Crippen molar-refractivity contribution in [1.29, 1.82) is 0 Å². The normalized spacial score (nSPS) is 11.4. The molecule has 0 saturated carbocycles. The van der Waals surface area contributed by atoms with Gasteiger partial charge in [-0.05, 0) is 25.6 Å². The van der Waals surface area contributed by atoms with Crippen LogP contribution in [0.2, 0.25) is 0 Å². The number of benzene rings is 1. The maximum absolute atomic E-state index is 4.79. The summed E-state index contributed by atoms with van der Waals surface area (Å²) in [6, 6.07) is 10.5. The fourth-order valence-electron chi connectivity index (χ4n) is 2.66. The minimum Gasteiger partial charge on any atom is -0.311 e. The van der Waals surface area contributed by atoms with Crippen molar-refractivity contribution in [3.8, 4) is 0 Å². The molecule has 0 fully saturated rings. The second kappa shape index (κ2) is 5.69. The first-order chi connectivity index (χ1) is 10.2. The maximum atomic E-state index is 4.79. The molecule has 110 valence electrons. The van der Waals surface area contributed by atoms with Crippen molar-refractivity contribution in [2.45, 2.75) is 26.9 Å². The summed E-state index contributed by atoms with van der Waals surface area (Å²) in [4.78, 5) is 0. The van der Waals surface area contributed by atoms with Crippen molar-refractivity contribution in [1.82, 2.24) is 24.9 Å². The molecule has 0 spiro atoms. The van der Waals surface area contributed by atoms with Gasteiger partial charge in [0.2, 0.25) is 0 Å². The zero-order valence-electron chi connectivity index (χ0n) is 12.8. The Labute approximate surface area is 124 Å². The van der Waals surface area contributed by atoms with E-state index in [1.807, 2.05) is 18.7 Å². The highest BCUT2D eigenvalue weighted by Gasteiger charge is 2.11. The molecule has 0 radical (unpaired) electrons. The lowest BCUT2D eigenvalue weighted by Crippen LogP contribution is -2.13. The van der Waals surface area contributed by atoms with Gasteiger partial charge < -0.3 is 5.32 Å². The van der Waals surface area contributed by atoms with Gasteiger partial charge in [0.15, 0.2) is 0 Å². The van der Waals surface area contributed by atoms with E-state index in [0.29, 0.717) is 0 Å². The Morgan fingerprint density at radius 3 is 2.71 bits per heavy atom. The molecule has 1 aromatic carbocycles. The van der Waals surface area contributed by atoms with Crippen LogP contribution in [-0.2, 0) is 20.1 Å². The van der Waals surface area contributed by atoms with E-state index in [1.165, 1.54) is 10.9 Å². The van der Waals surface area contributed by atoms with Crippen LogP contribution in [0.5, 0.6) is 0 Å². The van der Waals surface area contributed by atoms with Crippen molar-refractivity contribution in [2.24, 2.45) is 7.05 Å². The van der Waals surface area contributed by atoms with Crippen LogP contribution in [0, 0.1) is 6.92 Å². The van der Waals surface area contributed by atoms with Gasteiger partial charge in [-0.2, -0.15) is 10.2 Å². The largest absolute Gasteiger partial charge is 0.311 e. The summed E-state index contributed by atoms with van der Waals surface area (Å²) >= 11 is 0. The monoisotopic (exact) mass is 283 g/mol. The average molecular weight is 283 g/mol. The predicted octanol–water partition coefficient (Wildman–Crippen LogP) is 2.24. The van der Waals surface area contributed by atoms with E-state index in [-0.39, 0.29) is 0 Å².